The molecule has 0 bridgehead atoms. The van der Waals surface area contributed by atoms with Crippen molar-refractivity contribution >= 4 is 77.1 Å². The Balaban J connectivity index is 0.000000153. The Morgan fingerprint density at radius 3 is 1.09 bits per heavy atom. The van der Waals surface area contributed by atoms with E-state index in [0.29, 0.717) is 68.2 Å². The summed E-state index contributed by atoms with van der Waals surface area (Å²) < 4.78 is 31.7. The molecule has 14 heterocycles. The number of nitrogens with two attached hydrogens (primary N) is 3. The smallest absolute Gasteiger partial charge is 0.332 e. The summed E-state index contributed by atoms with van der Waals surface area (Å²) in [5.41, 5.74) is 31.8. The van der Waals surface area contributed by atoms with Crippen LogP contribution in [0.2, 0.25) is 0 Å². The van der Waals surface area contributed by atoms with E-state index in [4.69, 9.17) is 50.7 Å². The van der Waals surface area contributed by atoms with Gasteiger partial charge in [0.2, 0.25) is 5.91 Å². The van der Waals surface area contributed by atoms with Gasteiger partial charge in [-0.15, -0.1) is 0 Å². The fourth-order valence-corrected chi connectivity index (χ4v) is 15.1. The van der Waals surface area contributed by atoms with Crippen LogP contribution >= 0.6 is 0 Å². The molecule has 668 valence electrons. The van der Waals surface area contributed by atoms with Crippen LogP contribution in [0.25, 0.3) is 44.5 Å². The second-order valence-corrected chi connectivity index (χ2v) is 30.9. The Morgan fingerprint density at radius 2 is 0.727 bits per heavy atom. The van der Waals surface area contributed by atoms with Crippen molar-refractivity contribution in [1.82, 2.24) is 55.4 Å². The molecule has 2 fully saturated rings. The monoisotopic (exact) mass is 1740 g/mol. The van der Waals surface area contributed by atoms with Gasteiger partial charge in [0.1, 0.15) is 56.3 Å². The minimum atomic E-state index is -1.01. The molecule has 0 saturated carbocycles. The molecule has 34 nitrogen and oxygen atoms in total. The van der Waals surface area contributed by atoms with E-state index in [2.05, 4.69) is 50.5 Å². The number of aliphatic carboxylic acids is 1. The number of benzene rings is 2. The highest BCUT2D eigenvalue weighted by Gasteiger charge is 2.29. The summed E-state index contributed by atoms with van der Waals surface area (Å²) in [6.07, 6.45) is 34.7. The Kier molecular flexibility index (Phi) is 34.9. The fourth-order valence-electron chi connectivity index (χ4n) is 15.1. The molecule has 10 amide bonds. The van der Waals surface area contributed by atoms with E-state index >= 15 is 0 Å². The number of ether oxygens (including phenoxy) is 6. The number of nitrogens with one attached hydrogen (secondary N) is 2. The number of carbonyl (C=O) groups is 9. The van der Waals surface area contributed by atoms with Gasteiger partial charge in [-0.2, -0.15) is 0 Å². The van der Waals surface area contributed by atoms with Crippen molar-refractivity contribution in [1.29, 1.82) is 0 Å². The van der Waals surface area contributed by atoms with Gasteiger partial charge in [0.25, 0.3) is 5.91 Å². The number of piperidine rings is 2. The predicted octanol–water partition coefficient (Wildman–Crippen LogP) is 11.6. The average molecular weight is 1740 g/mol. The zero-order valence-electron chi connectivity index (χ0n) is 71.6. The third-order valence-electron chi connectivity index (χ3n) is 21.3. The first kappa shape index (κ1) is 93.2. The van der Waals surface area contributed by atoms with Gasteiger partial charge in [0, 0.05) is 164 Å². The number of likely N-dealkylation sites (tertiary alicyclic amines) is 1. The van der Waals surface area contributed by atoms with Crippen molar-refractivity contribution in [2.24, 2.45) is 17.2 Å². The number of imide groups is 1. The van der Waals surface area contributed by atoms with Gasteiger partial charge in [0.15, 0.2) is 0 Å². The zero-order chi connectivity index (χ0) is 89.9. The number of carboxylic acids is 1. The molecule has 16 rings (SSSR count). The zero-order valence-corrected chi connectivity index (χ0v) is 71.6. The molecule has 9 N–H and O–H groups in total. The van der Waals surface area contributed by atoms with Crippen molar-refractivity contribution in [3.8, 4) is 44.5 Å². The molecule has 0 radical (unpaired) electrons. The highest BCUT2D eigenvalue weighted by Crippen LogP contribution is 2.35. The van der Waals surface area contributed by atoms with Crippen LogP contribution < -0.4 is 47.4 Å². The number of amides is 10. The number of hydrogen-bond donors (Lipinski definition) is 6. The molecule has 0 atom stereocenters. The van der Waals surface area contributed by atoms with Crippen molar-refractivity contribution in [2.75, 3.05) is 105 Å². The summed E-state index contributed by atoms with van der Waals surface area (Å²) in [4.78, 5) is 149. The second-order valence-electron chi connectivity index (χ2n) is 30.9. The molecule has 0 spiro atoms. The van der Waals surface area contributed by atoms with Crippen LogP contribution in [0.4, 0.5) is 42.4 Å². The van der Waals surface area contributed by atoms with Crippen LogP contribution in [0.5, 0.6) is 0 Å². The number of carboxylic acid groups (broad SMARTS) is 1. The van der Waals surface area contributed by atoms with E-state index in [-0.39, 0.29) is 64.7 Å². The lowest BCUT2D eigenvalue weighted by atomic mass is 10.0. The maximum Gasteiger partial charge on any atom is 0.332 e. The van der Waals surface area contributed by atoms with Crippen LogP contribution in [-0.2, 0) is 106 Å². The number of fused-ring (bicyclic) bond motifs is 4. The number of aromatic nitrogens is 8. The summed E-state index contributed by atoms with van der Waals surface area (Å²) >= 11 is 0. The lowest BCUT2D eigenvalue weighted by Gasteiger charge is -2.28. The number of urea groups is 4. The van der Waals surface area contributed by atoms with Crippen molar-refractivity contribution < 1.29 is 76.7 Å². The molecule has 128 heavy (non-hydrogen) atoms. The molecule has 2 saturated heterocycles. The van der Waals surface area contributed by atoms with Gasteiger partial charge in [-0.25, -0.2) is 53.5 Å². The summed E-state index contributed by atoms with van der Waals surface area (Å²) in [6, 6.07) is 31.9. The molecule has 6 aliphatic heterocycles. The summed E-state index contributed by atoms with van der Waals surface area (Å²) in [7, 11) is 0. The fraction of sp³-hybridized carbons (Fsp3) is 0.351. The van der Waals surface area contributed by atoms with E-state index in [1.165, 1.54) is 58.4 Å². The van der Waals surface area contributed by atoms with E-state index in [1.54, 1.807) is 106 Å². The minimum Gasteiger partial charge on any atom is -0.480 e. The average Bonchev–Trinajstić information content (AvgIpc) is 0.815. The van der Waals surface area contributed by atoms with Gasteiger partial charge < -0.3 is 60.9 Å². The summed E-state index contributed by atoms with van der Waals surface area (Å²) in [5.74, 6) is 0.167. The molecular formula is C94H106N18O16. The number of rotatable bonds is 24. The Labute approximate surface area is 741 Å². The molecule has 0 unspecified atom stereocenters. The van der Waals surface area contributed by atoms with Gasteiger partial charge in [-0.3, -0.25) is 54.4 Å². The Hall–Kier alpha value is -13.9. The van der Waals surface area contributed by atoms with Crippen molar-refractivity contribution in [2.45, 2.75) is 130 Å². The number of hydrogen-bond acceptors (Lipinski definition) is 24. The molecule has 2 aromatic carbocycles. The standard InChI is InChI=1S/C31H28N4O5.C22H27N5O3.C19H22N4O4.C17H18N4O4.C5H11N/c36-28(40-20-22-8-3-1-4-9-22)21-39-19-23-14-26(17-32-16-23)27-15-25-12-7-13-35(29(25)33-18-27)31(38)34-30(37)24-10-5-2-6-11-24;23-22(29)27-8-4-5-17-10-19(13-25-21(17)27)18-9-16(11-24-12-18)14-30-15-20(28)26-6-2-1-3-7-26;1-2-27-17(24)12-26-11-13-6-15(9-21-8-13)16-7-14-4-3-5-23(19(20)25)18(14)22-10-16;18-17(24)21-3-1-2-12-5-14(8-20-16(12)21)13-4-11(6-19-7-13)9-25-10-15(22)23;1-2-4-6-5-3-1/h1-6,8-11,14-18H,7,12-13,19-21H2,(H,34,37,38);9-13H,1-8,14-15H2,(H2,23,29);6-10H,2-5,11-12H2,1H3,(H2,20,25);4-8H,1-3,9-10H2,(H2,18,24)(H,22,23);6H,1-5H2. The van der Waals surface area contributed by atoms with Gasteiger partial charge >= 0.3 is 42.0 Å². The predicted molar refractivity (Wildman–Crippen MR) is 477 cm³/mol. The lowest BCUT2D eigenvalue weighted by molar-refractivity contribution is -0.151. The van der Waals surface area contributed by atoms with E-state index < -0.39 is 42.0 Å². The van der Waals surface area contributed by atoms with E-state index in [1.807, 2.05) is 89.8 Å². The second kappa shape index (κ2) is 48.0. The molecule has 10 aromatic rings. The molecular weight excluding hydrogens is 1640 g/mol. The SMILES string of the molecule is C1CCNCC1.CCOC(=O)COCc1cncc(-c2cnc3c(c2)CCCN3C(N)=O)c1.NC(=O)N1CCCc2cc(-c3cncc(COCC(=O)N4CCCCC4)c3)cnc21.NC(=O)N1CCCc2cc(-c3cncc(COCC(=O)O)c3)cnc21.O=C(COCc1cncc(-c2cnc3c(c2)CCCN3C(=O)NC(=O)c2ccccc2)c1)OCc1ccccc1. The van der Waals surface area contributed by atoms with Gasteiger partial charge in [0.05, 0.1) is 33.0 Å². The number of pyridine rings is 8. The molecule has 34 heteroatoms. The highest BCUT2D eigenvalue weighted by molar-refractivity contribution is 6.09. The first-order chi connectivity index (χ1) is 62.3. The van der Waals surface area contributed by atoms with Crippen LogP contribution in [0.1, 0.15) is 132 Å². The van der Waals surface area contributed by atoms with E-state index in [9.17, 15) is 43.2 Å². The van der Waals surface area contributed by atoms with Crippen molar-refractivity contribution in [3.63, 3.8) is 0 Å². The van der Waals surface area contributed by atoms with Gasteiger partial charge in [-0.1, -0.05) is 55.0 Å². The quantitative estimate of drug-likeness (QED) is 0.0306. The number of anilines is 4. The third-order valence-corrected chi connectivity index (χ3v) is 21.3. The molecule has 8 aromatic heterocycles. The van der Waals surface area contributed by atoms with E-state index in [0.717, 1.165) is 172 Å². The highest BCUT2D eigenvalue weighted by atomic mass is 16.6. The van der Waals surface area contributed by atoms with Crippen LogP contribution in [0.3, 0.4) is 0 Å². The van der Waals surface area contributed by atoms with Gasteiger partial charge in [-0.05, 0) is 214 Å². The first-order valence-corrected chi connectivity index (χ1v) is 42.8. The first-order valence-electron chi connectivity index (χ1n) is 42.8. The van der Waals surface area contributed by atoms with Crippen molar-refractivity contribution in [3.05, 3.63) is 239 Å². The lowest BCUT2D eigenvalue weighted by Crippen LogP contribution is -2.45. The number of primary amides is 3. The third kappa shape index (κ3) is 27.5. The maximum absolute atomic E-state index is 12.9. The minimum absolute atomic E-state index is 0.0525. The molecule has 6 aliphatic rings. The number of aryl methyl sites for hydroxylation is 4. The van der Waals surface area contributed by atoms with Crippen LogP contribution in [-0.4, -0.2) is 189 Å². The summed E-state index contributed by atoms with van der Waals surface area (Å²) in [6.45, 7) is 9.10. The Bertz CT molecular complexity index is 5460. The Morgan fingerprint density at radius 1 is 0.375 bits per heavy atom. The number of esters is 2. The molecule has 0 aliphatic carbocycles. The number of nitrogens with zero attached hydrogens (tertiary/aromatic N) is 13. The maximum atomic E-state index is 12.9. The number of carbonyl (C=O) groups excluding carboxylic acids is 8. The summed E-state index contributed by atoms with van der Waals surface area (Å²) in [5, 5.41) is 14.4. The largest absolute Gasteiger partial charge is 0.480 e. The normalized spacial score (nSPS) is 14.2. The topological polar surface area (TPSA) is 451 Å². The van der Waals surface area contributed by atoms with Crippen LogP contribution in [0.15, 0.2) is 184 Å². The van der Waals surface area contributed by atoms with Crippen LogP contribution in [0, 0.1) is 0 Å².